The number of nitrogens with zero attached hydrogens (tertiary/aromatic N) is 1. The third-order valence-electron chi connectivity index (χ3n) is 4.34. The minimum absolute atomic E-state index is 0.0875. The number of hydrogen-bond donors (Lipinski definition) is 2. The van der Waals surface area contributed by atoms with Crippen molar-refractivity contribution in [1.82, 2.24) is 10.2 Å². The van der Waals surface area contributed by atoms with Crippen molar-refractivity contribution in [3.63, 3.8) is 0 Å². The highest BCUT2D eigenvalue weighted by Crippen LogP contribution is 2.17. The van der Waals surface area contributed by atoms with Crippen molar-refractivity contribution in [3.8, 4) is 0 Å². The van der Waals surface area contributed by atoms with Crippen LogP contribution in [-0.4, -0.2) is 48.2 Å². The molecule has 1 aromatic rings. The minimum Gasteiger partial charge on any atom is -0.481 e. The Morgan fingerprint density at radius 1 is 1.29 bits per heavy atom. The van der Waals surface area contributed by atoms with Crippen molar-refractivity contribution in [1.29, 1.82) is 0 Å². The molecule has 4 heteroatoms. The first-order valence-corrected chi connectivity index (χ1v) is 7.79. The quantitative estimate of drug-likeness (QED) is 0.871. The van der Waals surface area contributed by atoms with Crippen molar-refractivity contribution < 1.29 is 9.90 Å². The molecule has 1 aliphatic heterocycles. The Balaban J connectivity index is 2.10. The largest absolute Gasteiger partial charge is 0.481 e. The van der Waals surface area contributed by atoms with Gasteiger partial charge in [0, 0.05) is 19.1 Å². The van der Waals surface area contributed by atoms with Crippen LogP contribution in [0, 0.1) is 13.8 Å². The summed E-state index contributed by atoms with van der Waals surface area (Å²) in [6.07, 6.45) is 2.11. The summed E-state index contributed by atoms with van der Waals surface area (Å²) in [4.78, 5) is 13.5. The number of nitrogens with one attached hydrogen (secondary N) is 1. The molecule has 0 aliphatic carbocycles. The van der Waals surface area contributed by atoms with Crippen LogP contribution in [0.3, 0.4) is 0 Å². The zero-order chi connectivity index (χ0) is 15.2. The van der Waals surface area contributed by atoms with E-state index >= 15 is 0 Å². The lowest BCUT2D eigenvalue weighted by Crippen LogP contribution is -2.40. The predicted molar refractivity (Wildman–Crippen MR) is 84.7 cm³/mol. The number of aliphatic carboxylic acids is 1. The fraction of sp³-hybridized carbons (Fsp3) is 0.588. The van der Waals surface area contributed by atoms with Crippen LogP contribution in [0.25, 0.3) is 0 Å². The molecule has 0 spiro atoms. The monoisotopic (exact) mass is 290 g/mol. The van der Waals surface area contributed by atoms with E-state index in [1.807, 2.05) is 0 Å². The Labute approximate surface area is 127 Å². The number of rotatable bonds is 5. The van der Waals surface area contributed by atoms with Gasteiger partial charge >= 0.3 is 5.97 Å². The van der Waals surface area contributed by atoms with Crippen LogP contribution in [0.1, 0.15) is 29.5 Å². The first kappa shape index (κ1) is 16.0. The molecular formula is C17H26N2O2. The fourth-order valence-corrected chi connectivity index (χ4v) is 2.97. The summed E-state index contributed by atoms with van der Waals surface area (Å²) in [6, 6.07) is 6.55. The lowest BCUT2D eigenvalue weighted by atomic mass is 9.98. The third kappa shape index (κ3) is 4.83. The van der Waals surface area contributed by atoms with Gasteiger partial charge in [-0.2, -0.15) is 0 Å². The maximum atomic E-state index is 11.2. The van der Waals surface area contributed by atoms with E-state index in [1.165, 1.54) is 16.7 Å². The Morgan fingerprint density at radius 2 is 2.10 bits per heavy atom. The molecule has 4 nitrogen and oxygen atoms in total. The van der Waals surface area contributed by atoms with Gasteiger partial charge in [0.2, 0.25) is 0 Å². The molecule has 21 heavy (non-hydrogen) atoms. The second-order valence-corrected chi connectivity index (χ2v) is 6.01. The SMILES string of the molecule is Cc1ccc(CC(CC(=O)O)N2CCCNCC2)cc1C. The van der Waals surface area contributed by atoms with E-state index in [0.29, 0.717) is 0 Å². The summed E-state index contributed by atoms with van der Waals surface area (Å²) in [6.45, 7) is 8.11. The second kappa shape index (κ2) is 7.57. The van der Waals surface area contributed by atoms with Crippen LogP contribution in [0.15, 0.2) is 18.2 Å². The average molecular weight is 290 g/mol. The van der Waals surface area contributed by atoms with Crippen molar-refractivity contribution >= 4 is 5.97 Å². The Hall–Kier alpha value is -1.39. The van der Waals surface area contributed by atoms with Gasteiger partial charge in [-0.25, -0.2) is 0 Å². The van der Waals surface area contributed by atoms with E-state index in [4.69, 9.17) is 0 Å². The Morgan fingerprint density at radius 3 is 2.81 bits per heavy atom. The van der Waals surface area contributed by atoms with Crippen molar-refractivity contribution in [3.05, 3.63) is 34.9 Å². The molecule has 2 rings (SSSR count). The lowest BCUT2D eigenvalue weighted by molar-refractivity contribution is -0.138. The molecule has 0 amide bonds. The van der Waals surface area contributed by atoms with E-state index in [9.17, 15) is 9.90 Å². The molecule has 1 unspecified atom stereocenters. The highest BCUT2D eigenvalue weighted by Gasteiger charge is 2.22. The number of carboxylic acids is 1. The molecule has 1 aliphatic rings. The van der Waals surface area contributed by atoms with Gasteiger partial charge in [0.1, 0.15) is 0 Å². The summed E-state index contributed by atoms with van der Waals surface area (Å²) in [5.74, 6) is -0.707. The molecule has 1 fully saturated rings. The molecular weight excluding hydrogens is 264 g/mol. The first-order chi connectivity index (χ1) is 10.1. The number of benzene rings is 1. The third-order valence-corrected chi connectivity index (χ3v) is 4.34. The number of aryl methyl sites for hydroxylation is 2. The highest BCUT2D eigenvalue weighted by molar-refractivity contribution is 5.67. The summed E-state index contributed by atoms with van der Waals surface area (Å²) in [5.41, 5.74) is 3.80. The van der Waals surface area contributed by atoms with Crippen LogP contribution in [-0.2, 0) is 11.2 Å². The maximum absolute atomic E-state index is 11.2. The van der Waals surface area contributed by atoms with Crippen molar-refractivity contribution in [2.45, 2.75) is 39.2 Å². The van der Waals surface area contributed by atoms with E-state index in [-0.39, 0.29) is 12.5 Å². The minimum atomic E-state index is -0.707. The van der Waals surface area contributed by atoms with Crippen LogP contribution in [0.2, 0.25) is 0 Å². The molecule has 1 heterocycles. The van der Waals surface area contributed by atoms with Gasteiger partial charge in [-0.15, -0.1) is 0 Å². The molecule has 0 aromatic heterocycles. The summed E-state index contributed by atoms with van der Waals surface area (Å²) >= 11 is 0. The normalized spacial score (nSPS) is 18.2. The van der Waals surface area contributed by atoms with Crippen molar-refractivity contribution in [2.24, 2.45) is 0 Å². The van der Waals surface area contributed by atoms with Crippen LogP contribution in [0.4, 0.5) is 0 Å². The van der Waals surface area contributed by atoms with Gasteiger partial charge in [-0.1, -0.05) is 18.2 Å². The van der Waals surface area contributed by atoms with Crippen LogP contribution >= 0.6 is 0 Å². The number of carbonyl (C=O) groups is 1. The molecule has 0 saturated carbocycles. The zero-order valence-electron chi connectivity index (χ0n) is 13.1. The molecule has 116 valence electrons. The molecule has 2 N–H and O–H groups in total. The summed E-state index contributed by atoms with van der Waals surface area (Å²) in [5, 5.41) is 12.6. The Bertz CT molecular complexity index is 480. The highest BCUT2D eigenvalue weighted by atomic mass is 16.4. The standard InChI is InChI=1S/C17H26N2O2/c1-13-4-5-15(10-14(13)2)11-16(12-17(20)21)19-8-3-6-18-7-9-19/h4-5,10,16,18H,3,6-9,11-12H2,1-2H3,(H,20,21). The second-order valence-electron chi connectivity index (χ2n) is 6.01. The summed E-state index contributed by atoms with van der Waals surface area (Å²) in [7, 11) is 0. The van der Waals surface area contributed by atoms with Gasteiger partial charge < -0.3 is 10.4 Å². The van der Waals surface area contributed by atoms with Gasteiger partial charge in [0.05, 0.1) is 6.42 Å². The number of carboxylic acid groups (broad SMARTS) is 1. The van der Waals surface area contributed by atoms with E-state index in [0.717, 1.165) is 39.0 Å². The molecule has 1 aromatic carbocycles. The molecule has 0 radical (unpaired) electrons. The van der Waals surface area contributed by atoms with E-state index < -0.39 is 5.97 Å². The number of hydrogen-bond acceptors (Lipinski definition) is 3. The average Bonchev–Trinajstić information content (AvgIpc) is 2.70. The van der Waals surface area contributed by atoms with Gasteiger partial charge in [-0.05, 0) is 56.5 Å². The molecule has 1 saturated heterocycles. The summed E-state index contributed by atoms with van der Waals surface area (Å²) < 4.78 is 0. The predicted octanol–water partition coefficient (Wildman–Crippen LogP) is 1.98. The van der Waals surface area contributed by atoms with Crippen LogP contribution in [0.5, 0.6) is 0 Å². The topological polar surface area (TPSA) is 52.6 Å². The lowest BCUT2D eigenvalue weighted by Gasteiger charge is -2.29. The van der Waals surface area contributed by atoms with Crippen LogP contribution < -0.4 is 5.32 Å². The van der Waals surface area contributed by atoms with Gasteiger partial charge in [-0.3, -0.25) is 9.69 Å². The Kier molecular flexibility index (Phi) is 5.76. The maximum Gasteiger partial charge on any atom is 0.304 e. The van der Waals surface area contributed by atoms with E-state index in [1.54, 1.807) is 0 Å². The zero-order valence-corrected chi connectivity index (χ0v) is 13.1. The smallest absolute Gasteiger partial charge is 0.304 e. The first-order valence-electron chi connectivity index (χ1n) is 7.79. The fourth-order valence-electron chi connectivity index (χ4n) is 2.97. The molecule has 1 atom stereocenters. The van der Waals surface area contributed by atoms with Crippen molar-refractivity contribution in [2.75, 3.05) is 26.2 Å². The van der Waals surface area contributed by atoms with Gasteiger partial charge in [0.15, 0.2) is 0 Å². The van der Waals surface area contributed by atoms with Gasteiger partial charge in [0.25, 0.3) is 0 Å². The van der Waals surface area contributed by atoms with E-state index in [2.05, 4.69) is 42.3 Å². The molecule has 0 bridgehead atoms.